The van der Waals surface area contributed by atoms with E-state index in [1.807, 2.05) is 10.7 Å². The van der Waals surface area contributed by atoms with Gasteiger partial charge < -0.3 is 9.52 Å². The molecule has 0 aliphatic carbocycles. The van der Waals surface area contributed by atoms with Gasteiger partial charge in [-0.05, 0) is 34.5 Å². The number of hydrogen-bond acceptors (Lipinski definition) is 3. The highest BCUT2D eigenvalue weighted by molar-refractivity contribution is 9.10. The molecule has 86 valence electrons. The molecule has 2 heterocycles. The molecular weight excluding hydrogens is 272 g/mol. The lowest BCUT2D eigenvalue weighted by molar-refractivity contribution is 0.205. The largest absolute Gasteiger partial charge is 0.457 e. The van der Waals surface area contributed by atoms with Crippen LogP contribution in [0.15, 0.2) is 33.7 Å². The fourth-order valence-corrected chi connectivity index (χ4v) is 2.09. The normalized spacial score (nSPS) is 12.9. The van der Waals surface area contributed by atoms with Gasteiger partial charge in [-0.2, -0.15) is 5.10 Å². The van der Waals surface area contributed by atoms with Crippen molar-refractivity contribution >= 4 is 15.9 Å². The molecule has 2 aromatic rings. The Bertz CT molecular complexity index is 464. The Morgan fingerprint density at radius 1 is 1.56 bits per heavy atom. The number of aliphatic hydroxyl groups excluding tert-OH is 1. The monoisotopic (exact) mass is 284 g/mol. The standard InChI is InChI=1S/C11H13BrN2O2/c1-2-6-14-9(3-5-13-14)10(15)8-4-7-16-11(8)12/h3-5,7,10,15H,2,6H2,1H3. The van der Waals surface area contributed by atoms with Gasteiger partial charge in [-0.25, -0.2) is 0 Å². The van der Waals surface area contributed by atoms with Gasteiger partial charge in [-0.1, -0.05) is 6.92 Å². The maximum atomic E-state index is 10.2. The van der Waals surface area contributed by atoms with Crippen LogP contribution in [0.4, 0.5) is 0 Å². The average molecular weight is 285 g/mol. The molecule has 0 spiro atoms. The summed E-state index contributed by atoms with van der Waals surface area (Å²) in [6, 6.07) is 3.57. The Morgan fingerprint density at radius 2 is 2.38 bits per heavy atom. The van der Waals surface area contributed by atoms with Crippen LogP contribution in [0.5, 0.6) is 0 Å². The Labute approximate surface area is 102 Å². The first-order chi connectivity index (χ1) is 7.74. The number of aliphatic hydroxyl groups is 1. The Kier molecular flexibility index (Phi) is 3.46. The molecule has 1 atom stereocenters. The molecule has 0 radical (unpaired) electrons. The highest BCUT2D eigenvalue weighted by Crippen LogP contribution is 2.29. The first kappa shape index (κ1) is 11.4. The number of nitrogens with zero attached hydrogens (tertiary/aromatic N) is 2. The van der Waals surface area contributed by atoms with Crippen LogP contribution >= 0.6 is 15.9 Å². The summed E-state index contributed by atoms with van der Waals surface area (Å²) in [5.41, 5.74) is 1.50. The molecule has 0 aromatic carbocycles. The third kappa shape index (κ3) is 2.05. The summed E-state index contributed by atoms with van der Waals surface area (Å²) >= 11 is 3.26. The first-order valence-corrected chi connectivity index (χ1v) is 5.96. The van der Waals surface area contributed by atoms with Gasteiger partial charge in [-0.3, -0.25) is 4.68 Å². The molecule has 0 saturated heterocycles. The average Bonchev–Trinajstić information content (AvgIpc) is 2.87. The van der Waals surface area contributed by atoms with Crippen LogP contribution in [0.3, 0.4) is 0 Å². The van der Waals surface area contributed by atoms with E-state index < -0.39 is 6.10 Å². The van der Waals surface area contributed by atoms with Crippen molar-refractivity contribution in [3.8, 4) is 0 Å². The molecule has 0 aliphatic rings. The third-order valence-corrected chi connectivity index (χ3v) is 3.05. The lowest BCUT2D eigenvalue weighted by atomic mass is 10.1. The van der Waals surface area contributed by atoms with E-state index in [2.05, 4.69) is 28.0 Å². The van der Waals surface area contributed by atoms with Crippen molar-refractivity contribution in [3.63, 3.8) is 0 Å². The number of hydrogen-bond donors (Lipinski definition) is 1. The van der Waals surface area contributed by atoms with Crippen LogP contribution in [0.2, 0.25) is 0 Å². The maximum absolute atomic E-state index is 10.2. The van der Waals surface area contributed by atoms with Gasteiger partial charge >= 0.3 is 0 Å². The van der Waals surface area contributed by atoms with Crippen molar-refractivity contribution in [2.45, 2.75) is 26.0 Å². The minimum Gasteiger partial charge on any atom is -0.457 e. The van der Waals surface area contributed by atoms with Crippen molar-refractivity contribution < 1.29 is 9.52 Å². The lowest BCUT2D eigenvalue weighted by Crippen LogP contribution is -2.09. The molecule has 0 bridgehead atoms. The fraction of sp³-hybridized carbons (Fsp3) is 0.364. The van der Waals surface area contributed by atoms with Crippen molar-refractivity contribution in [1.82, 2.24) is 9.78 Å². The predicted octanol–water partition coefficient (Wildman–Crippen LogP) is 2.73. The van der Waals surface area contributed by atoms with E-state index in [-0.39, 0.29) is 0 Å². The molecule has 5 heteroatoms. The van der Waals surface area contributed by atoms with Gasteiger partial charge in [0.05, 0.1) is 12.0 Å². The highest BCUT2D eigenvalue weighted by atomic mass is 79.9. The molecule has 1 N–H and O–H groups in total. The van der Waals surface area contributed by atoms with Gasteiger partial charge in [0, 0.05) is 18.3 Å². The second-order valence-corrected chi connectivity index (χ2v) is 4.25. The second kappa shape index (κ2) is 4.84. The Morgan fingerprint density at radius 3 is 3.00 bits per heavy atom. The zero-order valence-electron chi connectivity index (χ0n) is 8.93. The van der Waals surface area contributed by atoms with Crippen molar-refractivity contribution in [3.05, 3.63) is 40.5 Å². The SMILES string of the molecule is CCCn1nccc1C(O)c1ccoc1Br. The van der Waals surface area contributed by atoms with Crippen molar-refractivity contribution in [2.24, 2.45) is 0 Å². The van der Waals surface area contributed by atoms with Crippen LogP contribution < -0.4 is 0 Å². The molecule has 2 aromatic heterocycles. The molecule has 2 rings (SSSR count). The number of furan rings is 1. The van der Waals surface area contributed by atoms with E-state index in [0.717, 1.165) is 24.2 Å². The number of halogens is 1. The number of aryl methyl sites for hydroxylation is 1. The summed E-state index contributed by atoms with van der Waals surface area (Å²) in [6.45, 7) is 2.88. The molecule has 0 amide bonds. The quantitative estimate of drug-likeness (QED) is 0.939. The minimum absolute atomic E-state index is 0.559. The van der Waals surface area contributed by atoms with Gasteiger partial charge in [0.2, 0.25) is 0 Å². The predicted molar refractivity (Wildman–Crippen MR) is 63.0 cm³/mol. The van der Waals surface area contributed by atoms with Gasteiger partial charge in [0.15, 0.2) is 4.67 Å². The van der Waals surface area contributed by atoms with Crippen LogP contribution in [0.1, 0.15) is 30.7 Å². The molecule has 4 nitrogen and oxygen atoms in total. The number of aromatic nitrogens is 2. The van der Waals surface area contributed by atoms with Crippen LogP contribution in [0.25, 0.3) is 0 Å². The van der Waals surface area contributed by atoms with Gasteiger partial charge in [0.1, 0.15) is 6.10 Å². The molecule has 16 heavy (non-hydrogen) atoms. The summed E-state index contributed by atoms with van der Waals surface area (Å²) in [5.74, 6) is 0. The van der Waals surface area contributed by atoms with E-state index in [0.29, 0.717) is 4.67 Å². The van der Waals surface area contributed by atoms with Gasteiger partial charge in [-0.15, -0.1) is 0 Å². The number of rotatable bonds is 4. The zero-order chi connectivity index (χ0) is 11.5. The summed E-state index contributed by atoms with van der Waals surface area (Å²) in [6.07, 6.45) is 3.52. The topological polar surface area (TPSA) is 51.2 Å². The van der Waals surface area contributed by atoms with E-state index in [1.165, 1.54) is 0 Å². The zero-order valence-corrected chi connectivity index (χ0v) is 10.5. The summed E-state index contributed by atoms with van der Waals surface area (Å²) < 4.78 is 7.48. The Hall–Kier alpha value is -1.07. The lowest BCUT2D eigenvalue weighted by Gasteiger charge is -2.11. The van der Waals surface area contributed by atoms with E-state index in [1.54, 1.807) is 18.5 Å². The molecule has 0 aliphatic heterocycles. The summed E-state index contributed by atoms with van der Waals surface area (Å²) in [4.78, 5) is 0. The van der Waals surface area contributed by atoms with Crippen molar-refractivity contribution in [1.29, 1.82) is 0 Å². The fourth-order valence-electron chi connectivity index (χ4n) is 1.63. The van der Waals surface area contributed by atoms with Crippen LogP contribution in [-0.2, 0) is 6.54 Å². The Balaban J connectivity index is 2.30. The van der Waals surface area contributed by atoms with E-state index >= 15 is 0 Å². The summed E-state index contributed by atoms with van der Waals surface area (Å²) in [7, 11) is 0. The third-order valence-electron chi connectivity index (χ3n) is 2.41. The minimum atomic E-state index is -0.706. The second-order valence-electron chi connectivity index (χ2n) is 3.53. The van der Waals surface area contributed by atoms with Gasteiger partial charge in [0.25, 0.3) is 0 Å². The molecular formula is C11H13BrN2O2. The molecule has 0 fully saturated rings. The smallest absolute Gasteiger partial charge is 0.175 e. The molecule has 1 unspecified atom stereocenters. The van der Waals surface area contributed by atoms with E-state index in [9.17, 15) is 5.11 Å². The van der Waals surface area contributed by atoms with Crippen LogP contribution in [-0.4, -0.2) is 14.9 Å². The molecule has 0 saturated carbocycles. The van der Waals surface area contributed by atoms with E-state index in [4.69, 9.17) is 4.42 Å². The maximum Gasteiger partial charge on any atom is 0.175 e. The van der Waals surface area contributed by atoms with Crippen molar-refractivity contribution in [2.75, 3.05) is 0 Å². The first-order valence-electron chi connectivity index (χ1n) is 5.16. The highest BCUT2D eigenvalue weighted by Gasteiger charge is 2.19. The summed E-state index contributed by atoms with van der Waals surface area (Å²) in [5, 5.41) is 14.4. The van der Waals surface area contributed by atoms with Crippen LogP contribution in [0, 0.1) is 0 Å².